The van der Waals surface area contributed by atoms with Gasteiger partial charge in [0.15, 0.2) is 6.61 Å². The summed E-state index contributed by atoms with van der Waals surface area (Å²) in [6, 6.07) is 9.32. The van der Waals surface area contributed by atoms with Gasteiger partial charge in [-0.1, -0.05) is 23.4 Å². The number of thioether (sulfide) groups is 1. The number of rotatable bonds is 7. The van der Waals surface area contributed by atoms with Gasteiger partial charge < -0.3 is 14.4 Å². The molecule has 2 aromatic rings. The first-order chi connectivity index (χ1) is 9.24. The smallest absolute Gasteiger partial charge is 0.313 e. The van der Waals surface area contributed by atoms with Crippen molar-refractivity contribution in [3.8, 4) is 5.75 Å². The lowest BCUT2D eigenvalue weighted by atomic mass is 10.3. The zero-order valence-electron chi connectivity index (χ0n) is 9.98. The molecule has 0 amide bonds. The summed E-state index contributed by atoms with van der Waals surface area (Å²) >= 11 is 1.21. The topological polar surface area (TPSA) is 85.5 Å². The summed E-state index contributed by atoms with van der Waals surface area (Å²) in [5.41, 5.74) is 0. The van der Waals surface area contributed by atoms with Gasteiger partial charge in [0.2, 0.25) is 11.7 Å². The first-order valence-corrected chi connectivity index (χ1v) is 6.68. The van der Waals surface area contributed by atoms with E-state index in [-0.39, 0.29) is 12.4 Å². The molecule has 0 aliphatic heterocycles. The molecule has 0 unspecified atom stereocenters. The van der Waals surface area contributed by atoms with Crippen molar-refractivity contribution in [2.24, 2.45) is 0 Å². The van der Waals surface area contributed by atoms with E-state index in [0.29, 0.717) is 17.5 Å². The summed E-state index contributed by atoms with van der Waals surface area (Å²) in [7, 11) is 0. The fourth-order valence-corrected chi connectivity index (χ4v) is 1.87. The van der Waals surface area contributed by atoms with Crippen molar-refractivity contribution in [2.75, 3.05) is 5.75 Å². The Morgan fingerprint density at radius 3 is 2.89 bits per heavy atom. The Labute approximate surface area is 113 Å². The Morgan fingerprint density at radius 1 is 1.37 bits per heavy atom. The summed E-state index contributed by atoms with van der Waals surface area (Å²) in [5, 5.41) is 12.3. The molecule has 1 heterocycles. The maximum absolute atomic E-state index is 10.3. The Hall–Kier alpha value is -2.02. The van der Waals surface area contributed by atoms with Crippen molar-refractivity contribution >= 4 is 17.7 Å². The van der Waals surface area contributed by atoms with Crippen molar-refractivity contribution in [1.82, 2.24) is 10.1 Å². The Kier molecular flexibility index (Phi) is 4.79. The van der Waals surface area contributed by atoms with Gasteiger partial charge in [-0.3, -0.25) is 4.79 Å². The molecule has 2 rings (SSSR count). The number of para-hydroxylation sites is 1. The lowest BCUT2D eigenvalue weighted by Gasteiger charge is -2.01. The first-order valence-electron chi connectivity index (χ1n) is 5.53. The summed E-state index contributed by atoms with van der Waals surface area (Å²) in [6.45, 7) is 0.219. The molecule has 0 fully saturated rings. The molecule has 1 aromatic heterocycles. The number of aromatic nitrogens is 2. The Morgan fingerprint density at radius 2 is 2.16 bits per heavy atom. The van der Waals surface area contributed by atoms with Crippen molar-refractivity contribution in [1.29, 1.82) is 0 Å². The number of hydrogen-bond acceptors (Lipinski definition) is 6. The van der Waals surface area contributed by atoms with Crippen LogP contribution in [0.2, 0.25) is 0 Å². The lowest BCUT2D eigenvalue weighted by molar-refractivity contribution is -0.133. The molecular weight excluding hydrogens is 268 g/mol. The van der Waals surface area contributed by atoms with Crippen LogP contribution in [-0.4, -0.2) is 27.0 Å². The van der Waals surface area contributed by atoms with Crippen LogP contribution in [-0.2, 0) is 17.2 Å². The lowest BCUT2D eigenvalue weighted by Crippen LogP contribution is -1.99. The number of ether oxygens (including phenoxy) is 1. The van der Waals surface area contributed by atoms with Crippen LogP contribution in [0.5, 0.6) is 5.75 Å². The van der Waals surface area contributed by atoms with Crippen molar-refractivity contribution in [2.45, 2.75) is 12.4 Å². The predicted molar refractivity (Wildman–Crippen MR) is 68.9 cm³/mol. The molecule has 7 heteroatoms. The summed E-state index contributed by atoms with van der Waals surface area (Å²) < 4.78 is 10.4. The van der Waals surface area contributed by atoms with Gasteiger partial charge in [-0.15, -0.1) is 11.8 Å². The minimum absolute atomic E-state index is 0.0121. The maximum Gasteiger partial charge on any atom is 0.313 e. The van der Waals surface area contributed by atoms with Crippen LogP contribution < -0.4 is 4.74 Å². The molecule has 6 nitrogen and oxygen atoms in total. The molecule has 0 aliphatic rings. The molecule has 100 valence electrons. The number of nitrogens with zero attached hydrogens (tertiary/aromatic N) is 2. The standard InChI is InChI=1S/C12H12N2O4S/c15-12(16)8-19-7-11-13-10(14-18-11)6-17-9-4-2-1-3-5-9/h1-5H,6-8H2,(H,15,16). The summed E-state index contributed by atoms with van der Waals surface area (Å²) in [5.74, 6) is 1.10. The van der Waals surface area contributed by atoms with E-state index in [9.17, 15) is 4.79 Å². The van der Waals surface area contributed by atoms with E-state index in [1.165, 1.54) is 11.8 Å². The van der Waals surface area contributed by atoms with Crippen LogP contribution in [0.1, 0.15) is 11.7 Å². The van der Waals surface area contributed by atoms with Crippen LogP contribution >= 0.6 is 11.8 Å². The van der Waals surface area contributed by atoms with E-state index in [0.717, 1.165) is 5.75 Å². The summed E-state index contributed by atoms with van der Waals surface area (Å²) in [4.78, 5) is 14.5. The van der Waals surface area contributed by atoms with Crippen molar-refractivity contribution < 1.29 is 19.2 Å². The molecule has 0 atom stereocenters. The number of benzene rings is 1. The minimum atomic E-state index is -0.864. The van der Waals surface area contributed by atoms with E-state index in [1.807, 2.05) is 30.3 Å². The largest absolute Gasteiger partial charge is 0.485 e. The molecule has 0 spiro atoms. The van der Waals surface area contributed by atoms with Crippen LogP contribution in [0.15, 0.2) is 34.9 Å². The maximum atomic E-state index is 10.3. The Balaban J connectivity index is 1.79. The van der Waals surface area contributed by atoms with Crippen LogP contribution in [0.25, 0.3) is 0 Å². The second kappa shape index (κ2) is 6.79. The highest BCUT2D eigenvalue weighted by atomic mass is 32.2. The molecule has 0 bridgehead atoms. The van der Waals surface area contributed by atoms with Gasteiger partial charge in [0.05, 0.1) is 11.5 Å². The Bertz CT molecular complexity index is 530. The van der Waals surface area contributed by atoms with Crippen LogP contribution in [0.4, 0.5) is 0 Å². The van der Waals surface area contributed by atoms with E-state index in [2.05, 4.69) is 10.1 Å². The third-order valence-electron chi connectivity index (χ3n) is 2.07. The highest BCUT2D eigenvalue weighted by molar-refractivity contribution is 7.99. The van der Waals surface area contributed by atoms with Gasteiger partial charge in [0.25, 0.3) is 0 Å². The number of aliphatic carboxylic acids is 1. The number of carboxylic acid groups (broad SMARTS) is 1. The molecule has 0 saturated heterocycles. The molecule has 0 radical (unpaired) electrons. The van der Waals surface area contributed by atoms with Gasteiger partial charge in [-0.05, 0) is 12.1 Å². The van der Waals surface area contributed by atoms with E-state index >= 15 is 0 Å². The fourth-order valence-electron chi connectivity index (χ4n) is 1.30. The van der Waals surface area contributed by atoms with Crippen LogP contribution in [0.3, 0.4) is 0 Å². The van der Waals surface area contributed by atoms with Crippen LogP contribution in [0, 0.1) is 0 Å². The average Bonchev–Trinajstić information content (AvgIpc) is 2.85. The van der Waals surface area contributed by atoms with Crippen molar-refractivity contribution in [3.05, 3.63) is 42.0 Å². The second-order valence-electron chi connectivity index (χ2n) is 3.59. The van der Waals surface area contributed by atoms with Gasteiger partial charge in [-0.25, -0.2) is 0 Å². The van der Waals surface area contributed by atoms with Gasteiger partial charge in [0.1, 0.15) is 5.75 Å². The average molecular weight is 280 g/mol. The van der Waals surface area contributed by atoms with E-state index < -0.39 is 5.97 Å². The molecule has 0 aliphatic carbocycles. The first kappa shape index (κ1) is 13.4. The third kappa shape index (κ3) is 4.63. The SMILES string of the molecule is O=C(O)CSCc1nc(COc2ccccc2)no1. The highest BCUT2D eigenvalue weighted by Gasteiger charge is 2.08. The molecule has 0 saturated carbocycles. The van der Waals surface area contributed by atoms with Crippen molar-refractivity contribution in [3.63, 3.8) is 0 Å². The minimum Gasteiger partial charge on any atom is -0.485 e. The quantitative estimate of drug-likeness (QED) is 0.829. The van der Waals surface area contributed by atoms with E-state index in [4.69, 9.17) is 14.4 Å². The predicted octanol–water partition coefficient (Wildman–Crippen LogP) is 1.97. The second-order valence-corrected chi connectivity index (χ2v) is 4.58. The molecule has 1 N–H and O–H groups in total. The number of carbonyl (C=O) groups is 1. The van der Waals surface area contributed by atoms with E-state index in [1.54, 1.807) is 0 Å². The fraction of sp³-hybridized carbons (Fsp3) is 0.250. The highest BCUT2D eigenvalue weighted by Crippen LogP contribution is 2.12. The van der Waals surface area contributed by atoms with Gasteiger partial charge in [-0.2, -0.15) is 4.98 Å². The number of hydrogen-bond donors (Lipinski definition) is 1. The monoisotopic (exact) mass is 280 g/mol. The molecular formula is C12H12N2O4S. The number of carboxylic acids is 1. The molecule has 19 heavy (non-hydrogen) atoms. The normalized spacial score (nSPS) is 10.3. The zero-order chi connectivity index (χ0) is 13.5. The molecule has 1 aromatic carbocycles. The van der Waals surface area contributed by atoms with Gasteiger partial charge in [0, 0.05) is 0 Å². The third-order valence-corrected chi connectivity index (χ3v) is 2.97. The summed E-state index contributed by atoms with van der Waals surface area (Å²) in [6.07, 6.45) is 0. The van der Waals surface area contributed by atoms with Gasteiger partial charge >= 0.3 is 5.97 Å². The zero-order valence-corrected chi connectivity index (χ0v) is 10.8.